The summed E-state index contributed by atoms with van der Waals surface area (Å²) in [5.41, 5.74) is 3.18. The Labute approximate surface area is 447 Å². The van der Waals surface area contributed by atoms with Gasteiger partial charge in [-0.05, 0) is 147 Å². The van der Waals surface area contributed by atoms with Crippen LogP contribution in [0, 0.1) is 0 Å². The highest BCUT2D eigenvalue weighted by Crippen LogP contribution is 2.52. The largest absolute Gasteiger partial charge is 0.678 e. The lowest BCUT2D eigenvalue weighted by Gasteiger charge is -2.23. The Kier molecular flexibility index (Phi) is 12.6. The first-order valence-electron chi connectivity index (χ1n) is 25.0. The second-order valence-corrected chi connectivity index (χ2v) is 20.6. The van der Waals surface area contributed by atoms with Crippen molar-refractivity contribution < 1.29 is 57.7 Å². The minimum atomic E-state index is -5.20. The summed E-state index contributed by atoms with van der Waals surface area (Å²) < 4.78 is 169. The molecule has 0 fully saturated rings. The molecule has 18 heteroatoms. The molecule has 0 saturated carbocycles. The van der Waals surface area contributed by atoms with Gasteiger partial charge < -0.3 is 9.21 Å². The van der Waals surface area contributed by atoms with Crippen LogP contribution >= 0.6 is 23.2 Å². The van der Waals surface area contributed by atoms with Crippen molar-refractivity contribution in [1.29, 1.82) is 0 Å². The second kappa shape index (κ2) is 19.0. The average molecular weight is 1110 g/mol. The smallest absolute Gasteiger partial charge is 0.426 e. The van der Waals surface area contributed by atoms with E-state index >= 15 is 8.63 Å². The predicted molar refractivity (Wildman–Crippen MR) is 283 cm³/mol. The van der Waals surface area contributed by atoms with Crippen molar-refractivity contribution >= 4 is 90.9 Å². The first-order valence-corrected chi connectivity index (χ1v) is 25.8. The molecule has 0 N–H and O–H groups in total. The predicted octanol–water partition coefficient (Wildman–Crippen LogP) is 18.3. The molecule has 9 aromatic rings. The van der Waals surface area contributed by atoms with E-state index < -0.39 is 59.4 Å². The van der Waals surface area contributed by atoms with Crippen LogP contribution in [0.15, 0.2) is 138 Å². The summed E-state index contributed by atoms with van der Waals surface area (Å²) in [5, 5.41) is -2.13. The summed E-state index contributed by atoms with van der Waals surface area (Å²) in [5.74, 6) is -0.933. The van der Waals surface area contributed by atoms with E-state index in [0.29, 0.717) is 66.0 Å². The molecule has 0 bridgehead atoms. The molecule has 0 spiro atoms. The highest BCUT2D eigenvalue weighted by molar-refractivity contribution is 6.43. The number of ether oxygens (including phenoxy) is 1. The Bertz CT molecular complexity index is 4000. The number of alkyl halides is 9. The maximum atomic E-state index is 15.8. The number of hydrogen-bond acceptors (Lipinski definition) is 3. The molecule has 0 amide bonds. The lowest BCUT2D eigenvalue weighted by atomic mass is 9.83. The zero-order valence-electron chi connectivity index (χ0n) is 40.6. The van der Waals surface area contributed by atoms with Crippen LogP contribution in [-0.2, 0) is 49.0 Å². The number of carbonyl (C=O) groups excluding carboxylic acids is 1. The molecule has 8 aromatic carbocycles. The Hall–Kier alpha value is -7.17. The highest BCUT2D eigenvalue weighted by Gasteiger charge is 2.42. The third kappa shape index (κ3) is 8.70. The Morgan fingerprint density at radius 3 is 1.71 bits per heavy atom. The summed E-state index contributed by atoms with van der Waals surface area (Å²) in [6, 6.07) is 27.2. The zero-order chi connectivity index (χ0) is 54.7. The van der Waals surface area contributed by atoms with Crippen molar-refractivity contribution in [2.45, 2.75) is 76.3 Å². The summed E-state index contributed by atoms with van der Waals surface area (Å²) in [4.78, 5) is 18.8. The quantitative estimate of drug-likeness (QED) is 0.0380. The van der Waals surface area contributed by atoms with E-state index in [0.717, 1.165) is 63.8 Å². The lowest BCUT2D eigenvalue weighted by molar-refractivity contribution is -0.140. The topological polar surface area (TPSA) is 43.6 Å². The van der Waals surface area contributed by atoms with Crippen molar-refractivity contribution in [3.05, 3.63) is 198 Å². The van der Waals surface area contributed by atoms with Gasteiger partial charge in [-0.15, -0.1) is 0 Å². The standard InChI is InChI=1S/C60H38BCl2F11N2O2/c62-45-28-35(29-46(63)54(45)55(47-26-33-13-5-10-30-8-1-3-15-36(30)56(33)75-47)48-27-34-14-6-11-31-9-2-4-16-37(31)57(34)76(48)61(73)74)78-49(77)17-7-12-32-18-19-38-40-21-24-43(59(67,68)69)53-44(60(70,71)72)25-22-41(52(40)53)39-20-23-42(58(64,65)66)50(32)51(38)39/h1-4,8-9,15-16,18-29H,5-7,10-14,17H2/b55-47+. The van der Waals surface area contributed by atoms with E-state index in [1.165, 1.54) is 24.3 Å². The van der Waals surface area contributed by atoms with Crippen molar-refractivity contribution in [2.24, 2.45) is 4.99 Å². The van der Waals surface area contributed by atoms with Gasteiger partial charge in [0.1, 0.15) is 5.75 Å². The van der Waals surface area contributed by atoms with E-state index in [-0.39, 0.29) is 89.8 Å². The number of halogens is 13. The van der Waals surface area contributed by atoms with Crippen LogP contribution in [0.3, 0.4) is 0 Å². The lowest BCUT2D eigenvalue weighted by Crippen LogP contribution is -2.18. The summed E-state index contributed by atoms with van der Waals surface area (Å²) in [7, 11) is -3.01. The van der Waals surface area contributed by atoms with Crippen LogP contribution in [0.1, 0.15) is 87.9 Å². The Morgan fingerprint density at radius 2 is 1.12 bits per heavy atom. The molecule has 1 aliphatic heterocycles. The van der Waals surface area contributed by atoms with Crippen LogP contribution in [0.5, 0.6) is 5.75 Å². The van der Waals surface area contributed by atoms with Gasteiger partial charge in [-0.3, -0.25) is 13.4 Å². The van der Waals surface area contributed by atoms with Gasteiger partial charge in [0.2, 0.25) is 0 Å². The molecule has 78 heavy (non-hydrogen) atoms. The van der Waals surface area contributed by atoms with E-state index in [1.54, 1.807) is 6.07 Å². The van der Waals surface area contributed by atoms with Crippen LogP contribution in [0.2, 0.25) is 10.0 Å². The van der Waals surface area contributed by atoms with E-state index in [2.05, 4.69) is 0 Å². The van der Waals surface area contributed by atoms with Crippen LogP contribution in [0.25, 0.3) is 59.9 Å². The first kappa shape index (κ1) is 51.6. The van der Waals surface area contributed by atoms with Gasteiger partial charge in [0.15, 0.2) is 0 Å². The SMILES string of the molecule is O=C(CCCc1ccc2c3ccc(C(F)(F)F)c4c(C(F)(F)F)ccc(c5ccc(C(F)(F)F)c1c25)c43)Oc1cc(Cl)c(/C(=C2\C=C3CCCc4ccccc4C3=N2)c2cc3c(n2B(F)F)-c2ccccc2CCC3)c(Cl)c1. The summed E-state index contributed by atoms with van der Waals surface area (Å²) in [6.07, 6.45) is -9.77. The van der Waals surface area contributed by atoms with Crippen molar-refractivity contribution in [2.75, 3.05) is 0 Å². The number of aromatic nitrogens is 1. The van der Waals surface area contributed by atoms with Crippen LogP contribution < -0.4 is 4.74 Å². The number of aryl methyl sites for hydroxylation is 4. The fourth-order valence-corrected chi connectivity index (χ4v) is 12.7. The second-order valence-electron chi connectivity index (χ2n) is 19.8. The highest BCUT2D eigenvalue weighted by atomic mass is 35.5. The minimum absolute atomic E-state index is 0.00901. The number of esters is 1. The number of allylic oxidation sites excluding steroid dienone is 2. The fourth-order valence-electron chi connectivity index (χ4n) is 12.1. The molecule has 3 aliphatic rings. The number of nitrogens with zero attached hydrogens (tertiary/aromatic N) is 2. The van der Waals surface area contributed by atoms with E-state index in [1.807, 2.05) is 54.6 Å². The van der Waals surface area contributed by atoms with Gasteiger partial charge >= 0.3 is 31.9 Å². The van der Waals surface area contributed by atoms with E-state index in [9.17, 15) is 44.3 Å². The number of hydrogen-bond donors (Lipinski definition) is 0. The molecule has 2 heterocycles. The third-order valence-corrected chi connectivity index (χ3v) is 15.8. The zero-order valence-corrected chi connectivity index (χ0v) is 42.1. The van der Waals surface area contributed by atoms with Crippen LogP contribution in [-0.4, -0.2) is 23.6 Å². The number of benzene rings is 8. The third-order valence-electron chi connectivity index (χ3n) is 15.2. The molecule has 1 aromatic heterocycles. The normalized spacial score (nSPS) is 15.4. The van der Waals surface area contributed by atoms with Crippen LogP contribution in [0.4, 0.5) is 48.1 Å². The summed E-state index contributed by atoms with van der Waals surface area (Å²) >= 11 is 14.3. The van der Waals surface area contributed by atoms with Gasteiger partial charge in [-0.2, -0.15) is 39.5 Å². The van der Waals surface area contributed by atoms with Gasteiger partial charge in [-0.1, -0.05) is 102 Å². The number of fused-ring (bicyclic) bond motifs is 8. The number of carbonyl (C=O) groups is 1. The van der Waals surface area contributed by atoms with Gasteiger partial charge in [-0.25, -0.2) is 4.99 Å². The fraction of sp³-hybridized carbons (Fsp3) is 0.200. The number of aliphatic imine (C=N–C) groups is 1. The molecule has 0 radical (unpaired) electrons. The molecule has 0 atom stereocenters. The monoisotopic (exact) mass is 1110 g/mol. The summed E-state index contributed by atoms with van der Waals surface area (Å²) in [6.45, 7) is 0. The molecule has 12 rings (SSSR count). The van der Waals surface area contributed by atoms with Crippen molar-refractivity contribution in [1.82, 2.24) is 4.48 Å². The maximum absolute atomic E-state index is 15.8. The first-order chi connectivity index (χ1) is 37.2. The number of rotatable bonds is 8. The molecule has 0 saturated heterocycles. The molecule has 2 aliphatic carbocycles. The molecule has 0 unspecified atom stereocenters. The molecule has 4 nitrogen and oxygen atoms in total. The van der Waals surface area contributed by atoms with Gasteiger partial charge in [0.05, 0.1) is 38.1 Å². The molecular formula is C60H38BCl2F11N2O2. The maximum Gasteiger partial charge on any atom is 0.678 e. The van der Waals surface area contributed by atoms with Crippen molar-refractivity contribution in [3.8, 4) is 17.0 Å². The van der Waals surface area contributed by atoms with Gasteiger partial charge in [0, 0.05) is 57.6 Å². The minimum Gasteiger partial charge on any atom is -0.426 e. The molecule has 394 valence electrons. The van der Waals surface area contributed by atoms with E-state index in [4.69, 9.17) is 32.9 Å². The van der Waals surface area contributed by atoms with Gasteiger partial charge in [0.25, 0.3) is 0 Å². The average Bonchev–Trinajstić information content (AvgIpc) is 2.97. The molecular weight excluding hydrogens is 1070 g/mol. The Morgan fingerprint density at radius 1 is 0.603 bits per heavy atom. The van der Waals surface area contributed by atoms with Crippen molar-refractivity contribution in [3.63, 3.8) is 0 Å². The Balaban J connectivity index is 0.898.